The van der Waals surface area contributed by atoms with Crippen LogP contribution in [0.25, 0.3) is 0 Å². The van der Waals surface area contributed by atoms with Gasteiger partial charge in [-0.15, -0.1) is 0 Å². The highest BCUT2D eigenvalue weighted by Gasteiger charge is 2.19. The van der Waals surface area contributed by atoms with E-state index in [9.17, 15) is 0 Å². The molecule has 0 saturated carbocycles. The molecule has 0 bridgehead atoms. The van der Waals surface area contributed by atoms with Crippen LogP contribution in [-0.4, -0.2) is 78.6 Å². The minimum atomic E-state index is 0.236. The molecule has 2 aromatic rings. The second-order valence-electron chi connectivity index (χ2n) is 7.99. The van der Waals surface area contributed by atoms with Gasteiger partial charge in [0.05, 0.1) is 13.2 Å². The van der Waals surface area contributed by atoms with Crippen molar-refractivity contribution >= 4 is 15.9 Å². The largest absolute Gasteiger partial charge is 0.490 e. The molecule has 0 unspecified atom stereocenters. The Morgan fingerprint density at radius 3 is 1.64 bits per heavy atom. The molecule has 2 heterocycles. The summed E-state index contributed by atoms with van der Waals surface area (Å²) in [6.45, 7) is 5.49. The van der Waals surface area contributed by atoms with Gasteiger partial charge >= 0.3 is 0 Å². The Kier molecular flexibility index (Phi) is 14.9. The van der Waals surface area contributed by atoms with Crippen LogP contribution in [0.1, 0.15) is 25.7 Å². The van der Waals surface area contributed by atoms with Gasteiger partial charge in [-0.05, 0) is 63.0 Å². The third-order valence-corrected chi connectivity index (χ3v) is 5.77. The Labute approximate surface area is 207 Å². The number of nitrogens with zero attached hydrogens (tertiary/aromatic N) is 1. The topological polar surface area (TPSA) is 74.2 Å². The maximum absolute atomic E-state index is 8.85. The quantitative estimate of drug-likeness (QED) is 0.481. The molecular formula is C26H39BrN2O4. The fourth-order valence-electron chi connectivity index (χ4n) is 3.69. The number of aliphatic hydroxyl groups is 2. The van der Waals surface area contributed by atoms with E-state index in [0.717, 1.165) is 69.9 Å². The van der Waals surface area contributed by atoms with Gasteiger partial charge in [0.2, 0.25) is 0 Å². The van der Waals surface area contributed by atoms with Crippen molar-refractivity contribution in [3.8, 4) is 11.5 Å². The van der Waals surface area contributed by atoms with Crippen LogP contribution in [-0.2, 0) is 0 Å². The number of ether oxygens (including phenoxy) is 2. The molecule has 184 valence electrons. The van der Waals surface area contributed by atoms with E-state index in [2.05, 4.69) is 26.1 Å². The van der Waals surface area contributed by atoms with Gasteiger partial charge in [-0.1, -0.05) is 52.3 Å². The number of alkyl halides is 1. The highest BCUT2D eigenvalue weighted by atomic mass is 79.9. The lowest BCUT2D eigenvalue weighted by Crippen LogP contribution is -2.39. The van der Waals surface area contributed by atoms with Crippen molar-refractivity contribution in [1.82, 2.24) is 10.2 Å². The van der Waals surface area contributed by atoms with E-state index in [4.69, 9.17) is 19.7 Å². The molecule has 6 nitrogen and oxygen atoms in total. The highest BCUT2D eigenvalue weighted by Crippen LogP contribution is 2.18. The molecule has 0 spiro atoms. The van der Waals surface area contributed by atoms with Crippen molar-refractivity contribution in [3.63, 3.8) is 0 Å². The van der Waals surface area contributed by atoms with Crippen LogP contribution in [0.5, 0.6) is 11.5 Å². The molecule has 0 aromatic heterocycles. The first-order valence-corrected chi connectivity index (χ1v) is 13.0. The lowest BCUT2D eigenvalue weighted by molar-refractivity contribution is 0.0889. The lowest BCUT2D eigenvalue weighted by atomic mass is 10.1. The smallest absolute Gasteiger partial charge is 0.119 e. The van der Waals surface area contributed by atoms with E-state index < -0.39 is 0 Å². The molecule has 3 N–H and O–H groups in total. The number of likely N-dealkylation sites (tertiary alicyclic amines) is 1. The average molecular weight is 524 g/mol. The maximum Gasteiger partial charge on any atom is 0.119 e. The number of β-amino-alcohol motifs (C(OH)–C–C–N with tert-alkyl or cyclic N) is 1. The van der Waals surface area contributed by atoms with Crippen LogP contribution >= 0.6 is 15.9 Å². The molecule has 0 amide bonds. The van der Waals surface area contributed by atoms with Crippen molar-refractivity contribution in [3.05, 3.63) is 60.7 Å². The van der Waals surface area contributed by atoms with Gasteiger partial charge in [0.25, 0.3) is 0 Å². The standard InChI is InChI=1S/C13H19NO2.C11H15NO.C2H5BrO/c15-11-10-14-8-6-13(7-9-14)16-12-4-2-1-3-5-12;1-2-4-10(5-3-1)13-11-6-8-12-9-7-11;3-1-2-4/h1-5,13,15H,6-11H2;1-5,11-12H,6-9H2;4H,1-2H2. The second kappa shape index (κ2) is 17.8. The van der Waals surface area contributed by atoms with Crippen molar-refractivity contribution in [2.45, 2.75) is 37.9 Å². The van der Waals surface area contributed by atoms with Gasteiger partial charge in [0, 0.05) is 25.0 Å². The van der Waals surface area contributed by atoms with Crippen molar-refractivity contribution in [1.29, 1.82) is 0 Å². The summed E-state index contributed by atoms with van der Waals surface area (Å²) in [6.07, 6.45) is 5.08. The summed E-state index contributed by atoms with van der Waals surface area (Å²) in [5.41, 5.74) is 0. The molecule has 2 aliphatic heterocycles. The number of hydrogen-bond donors (Lipinski definition) is 3. The number of halogens is 1. The summed E-state index contributed by atoms with van der Waals surface area (Å²) in [5.74, 6) is 1.96. The minimum Gasteiger partial charge on any atom is -0.490 e. The predicted molar refractivity (Wildman–Crippen MR) is 137 cm³/mol. The average Bonchev–Trinajstić information content (AvgIpc) is 2.88. The number of para-hydroxylation sites is 2. The number of nitrogens with one attached hydrogen (secondary N) is 1. The number of hydrogen-bond acceptors (Lipinski definition) is 6. The van der Waals surface area contributed by atoms with Gasteiger partial charge in [-0.3, -0.25) is 0 Å². The van der Waals surface area contributed by atoms with Gasteiger partial charge in [-0.25, -0.2) is 0 Å². The summed E-state index contributed by atoms with van der Waals surface area (Å²) in [4.78, 5) is 2.28. The number of rotatable bonds is 7. The summed E-state index contributed by atoms with van der Waals surface area (Å²) >= 11 is 3.00. The first-order valence-electron chi connectivity index (χ1n) is 11.9. The van der Waals surface area contributed by atoms with Gasteiger partial charge < -0.3 is 29.9 Å². The molecule has 0 aliphatic carbocycles. The molecule has 7 heteroatoms. The Morgan fingerprint density at radius 2 is 1.21 bits per heavy atom. The SMILES string of the molecule is OCCBr.OCCN1CCC(Oc2ccccc2)CC1.c1ccc(OC2CCNCC2)cc1. The maximum atomic E-state index is 8.85. The minimum absolute atomic E-state index is 0.236. The first kappa shape index (κ1) is 27.6. The van der Waals surface area contributed by atoms with E-state index in [1.807, 2.05) is 60.7 Å². The van der Waals surface area contributed by atoms with Crippen molar-refractivity contribution < 1.29 is 19.7 Å². The Balaban J connectivity index is 0.000000204. The Morgan fingerprint density at radius 1 is 0.758 bits per heavy atom. The number of benzene rings is 2. The zero-order valence-electron chi connectivity index (χ0n) is 19.4. The highest BCUT2D eigenvalue weighted by molar-refractivity contribution is 9.09. The van der Waals surface area contributed by atoms with Crippen LogP contribution in [0.4, 0.5) is 0 Å². The van der Waals surface area contributed by atoms with Crippen molar-refractivity contribution in [2.24, 2.45) is 0 Å². The van der Waals surface area contributed by atoms with Crippen LogP contribution in [0, 0.1) is 0 Å². The summed E-state index contributed by atoms with van der Waals surface area (Å²) in [6, 6.07) is 20.1. The molecule has 0 radical (unpaired) electrons. The number of aliphatic hydroxyl groups excluding tert-OH is 2. The first-order chi connectivity index (χ1) is 16.2. The van der Waals surface area contributed by atoms with Crippen LogP contribution < -0.4 is 14.8 Å². The molecule has 4 rings (SSSR count). The van der Waals surface area contributed by atoms with Crippen LogP contribution in [0.3, 0.4) is 0 Å². The van der Waals surface area contributed by atoms with Crippen molar-refractivity contribution in [2.75, 3.05) is 51.3 Å². The van der Waals surface area contributed by atoms with Crippen LogP contribution in [0.2, 0.25) is 0 Å². The fourth-order valence-corrected chi connectivity index (χ4v) is 3.69. The van der Waals surface area contributed by atoms with Crippen LogP contribution in [0.15, 0.2) is 60.7 Å². The van der Waals surface area contributed by atoms with E-state index in [-0.39, 0.29) is 13.2 Å². The lowest BCUT2D eigenvalue weighted by Gasteiger charge is -2.31. The summed E-state index contributed by atoms with van der Waals surface area (Å²) < 4.78 is 11.7. The third-order valence-electron chi connectivity index (χ3n) is 5.41. The zero-order valence-corrected chi connectivity index (χ0v) is 21.0. The summed E-state index contributed by atoms with van der Waals surface area (Å²) in [7, 11) is 0. The molecule has 2 fully saturated rings. The van der Waals surface area contributed by atoms with Gasteiger partial charge in [0.1, 0.15) is 23.7 Å². The van der Waals surface area contributed by atoms with E-state index in [1.165, 1.54) is 0 Å². The molecular weight excluding hydrogens is 484 g/mol. The molecule has 2 saturated heterocycles. The Bertz CT molecular complexity index is 692. The molecule has 2 aliphatic rings. The number of piperidine rings is 2. The summed E-state index contributed by atoms with van der Waals surface area (Å²) in [5, 5.41) is 20.7. The monoisotopic (exact) mass is 522 g/mol. The van der Waals surface area contributed by atoms with E-state index in [0.29, 0.717) is 17.5 Å². The molecule has 0 atom stereocenters. The third kappa shape index (κ3) is 12.4. The van der Waals surface area contributed by atoms with Gasteiger partial charge in [0.15, 0.2) is 0 Å². The Hall–Kier alpha value is -1.64. The predicted octanol–water partition coefficient (Wildman–Crippen LogP) is 3.71. The zero-order chi connectivity index (χ0) is 23.6. The van der Waals surface area contributed by atoms with E-state index in [1.54, 1.807) is 0 Å². The molecule has 33 heavy (non-hydrogen) atoms. The normalized spacial score (nSPS) is 17.2. The second-order valence-corrected chi connectivity index (χ2v) is 8.78. The van der Waals surface area contributed by atoms with Gasteiger partial charge in [-0.2, -0.15) is 0 Å². The fraction of sp³-hybridized carbons (Fsp3) is 0.538. The molecule has 2 aromatic carbocycles. The van der Waals surface area contributed by atoms with E-state index >= 15 is 0 Å².